The number of fused-ring (bicyclic) bond motifs is 4. The van der Waals surface area contributed by atoms with Crippen molar-refractivity contribution in [2.24, 2.45) is 11.8 Å². The van der Waals surface area contributed by atoms with Gasteiger partial charge in [-0.15, -0.1) is 0 Å². The lowest BCUT2D eigenvalue weighted by Crippen LogP contribution is -2.50. The highest BCUT2D eigenvalue weighted by molar-refractivity contribution is 5.80. The van der Waals surface area contributed by atoms with E-state index in [2.05, 4.69) is 14.8 Å². The van der Waals surface area contributed by atoms with Crippen LogP contribution in [-0.4, -0.2) is 46.4 Å². The zero-order valence-electron chi connectivity index (χ0n) is 14.7. The number of rotatable bonds is 4. The van der Waals surface area contributed by atoms with E-state index < -0.39 is 11.9 Å². The smallest absolute Gasteiger partial charge is 0.338 e. The molecule has 0 aromatic carbocycles. The third kappa shape index (κ3) is 3.59. The summed E-state index contributed by atoms with van der Waals surface area (Å²) >= 11 is 0. The molecule has 2 bridgehead atoms. The minimum atomic E-state index is -4.41. The highest BCUT2D eigenvalue weighted by Gasteiger charge is 2.41. The Hall–Kier alpha value is -1.63. The molecule has 1 aromatic rings. The Labute approximate surface area is 151 Å². The molecular formula is C19H24F3N3O. The van der Waals surface area contributed by atoms with Gasteiger partial charge in [-0.1, -0.05) is 12.5 Å². The van der Waals surface area contributed by atoms with Crippen molar-refractivity contribution in [3.8, 4) is 0 Å². The topological polar surface area (TPSA) is 36.4 Å². The van der Waals surface area contributed by atoms with Crippen molar-refractivity contribution in [3.05, 3.63) is 29.6 Å². The summed E-state index contributed by atoms with van der Waals surface area (Å²) in [5.74, 6) is 0.961. The summed E-state index contributed by atoms with van der Waals surface area (Å²) in [7, 11) is 0. The third-order valence-electron chi connectivity index (χ3n) is 6.07. The number of carbonyl (C=O) groups excluding carboxylic acids is 1. The molecule has 1 aromatic heterocycles. The lowest BCUT2D eigenvalue weighted by Gasteiger charge is -2.40. The molecule has 1 saturated carbocycles. The molecule has 0 radical (unpaired) electrons. The van der Waals surface area contributed by atoms with Crippen LogP contribution in [0.3, 0.4) is 0 Å². The number of pyridine rings is 1. The van der Waals surface area contributed by atoms with Crippen molar-refractivity contribution in [3.63, 3.8) is 0 Å². The minimum absolute atomic E-state index is 0.0243. The quantitative estimate of drug-likeness (QED) is 0.819. The van der Waals surface area contributed by atoms with Gasteiger partial charge in [-0.25, -0.2) is 0 Å². The van der Waals surface area contributed by atoms with Crippen LogP contribution in [0.2, 0.25) is 0 Å². The molecule has 0 spiro atoms. The fourth-order valence-corrected chi connectivity index (χ4v) is 4.40. The number of amides is 1. The first-order chi connectivity index (χ1) is 12.4. The van der Waals surface area contributed by atoms with Gasteiger partial charge in [-0.3, -0.25) is 14.7 Å². The first kappa shape index (κ1) is 17.8. The second-order valence-electron chi connectivity index (χ2n) is 7.96. The van der Waals surface area contributed by atoms with Crippen LogP contribution in [0.25, 0.3) is 0 Å². The van der Waals surface area contributed by atoms with E-state index in [1.54, 1.807) is 0 Å². The maximum absolute atomic E-state index is 12.8. The molecule has 4 heterocycles. The maximum Gasteiger partial charge on any atom is 0.433 e. The van der Waals surface area contributed by atoms with E-state index in [1.807, 2.05) is 0 Å². The van der Waals surface area contributed by atoms with Crippen LogP contribution in [0.5, 0.6) is 0 Å². The molecule has 4 nitrogen and oxygen atoms in total. The van der Waals surface area contributed by atoms with E-state index >= 15 is 0 Å². The number of hydrogen-bond acceptors (Lipinski definition) is 3. The fourth-order valence-electron chi connectivity index (χ4n) is 4.40. The minimum Gasteiger partial charge on any atom is -0.338 e. The zero-order chi connectivity index (χ0) is 18.3. The largest absolute Gasteiger partial charge is 0.433 e. The van der Waals surface area contributed by atoms with Gasteiger partial charge >= 0.3 is 6.18 Å². The van der Waals surface area contributed by atoms with Gasteiger partial charge in [0.25, 0.3) is 0 Å². The Balaban J connectivity index is 1.43. The van der Waals surface area contributed by atoms with Crippen LogP contribution in [0.4, 0.5) is 13.2 Å². The molecule has 4 fully saturated rings. The van der Waals surface area contributed by atoms with Gasteiger partial charge in [0.2, 0.25) is 5.91 Å². The first-order valence-corrected chi connectivity index (χ1v) is 9.45. The summed E-state index contributed by atoms with van der Waals surface area (Å²) in [6, 6.07) is 2.77. The highest BCUT2D eigenvalue weighted by atomic mass is 19.4. The van der Waals surface area contributed by atoms with Crippen LogP contribution in [0.15, 0.2) is 18.3 Å². The SMILES string of the molecule is O=C1[C@H]2CC[C@H](CN(Cc3ccc(C(F)(F)F)nc3)C2)N1CC1CCC1. The predicted octanol–water partition coefficient (Wildman–Crippen LogP) is 3.32. The fraction of sp³-hybridized carbons (Fsp3) is 0.684. The molecule has 2 atom stereocenters. The number of aromatic nitrogens is 1. The van der Waals surface area contributed by atoms with Gasteiger partial charge in [-0.05, 0) is 43.2 Å². The number of nitrogens with zero attached hydrogens (tertiary/aromatic N) is 3. The van der Waals surface area contributed by atoms with Crippen molar-refractivity contribution in [2.45, 2.75) is 50.9 Å². The molecule has 4 aliphatic rings. The molecule has 5 rings (SSSR count). The van der Waals surface area contributed by atoms with Crippen molar-refractivity contribution in [2.75, 3.05) is 19.6 Å². The van der Waals surface area contributed by atoms with Gasteiger partial charge < -0.3 is 4.90 Å². The van der Waals surface area contributed by atoms with Crippen LogP contribution in [-0.2, 0) is 17.5 Å². The molecule has 7 heteroatoms. The summed E-state index contributed by atoms with van der Waals surface area (Å²) in [4.78, 5) is 20.7. The molecular weight excluding hydrogens is 343 g/mol. The average molecular weight is 367 g/mol. The second-order valence-corrected chi connectivity index (χ2v) is 7.96. The molecule has 1 aliphatic carbocycles. The molecule has 0 N–H and O–H groups in total. The Morgan fingerprint density at radius 3 is 2.54 bits per heavy atom. The predicted molar refractivity (Wildman–Crippen MR) is 90.1 cm³/mol. The highest BCUT2D eigenvalue weighted by Crippen LogP contribution is 2.34. The third-order valence-corrected chi connectivity index (χ3v) is 6.07. The standard InChI is InChI=1S/C19H24F3N3O/c20-19(21,22)17-7-4-14(8-23-17)9-24-11-15-5-6-16(12-24)25(18(15)26)10-13-2-1-3-13/h4,7-8,13,15-16H,1-3,5-6,9-12H2/t15-,16+/m0/s1. The van der Waals surface area contributed by atoms with Crippen molar-refractivity contribution >= 4 is 5.91 Å². The van der Waals surface area contributed by atoms with Crippen molar-refractivity contribution in [1.82, 2.24) is 14.8 Å². The van der Waals surface area contributed by atoms with E-state index in [0.717, 1.165) is 37.6 Å². The van der Waals surface area contributed by atoms with Crippen LogP contribution < -0.4 is 0 Å². The maximum atomic E-state index is 12.8. The van der Waals surface area contributed by atoms with Gasteiger partial charge in [0.05, 0.1) is 5.92 Å². The van der Waals surface area contributed by atoms with Crippen LogP contribution in [0.1, 0.15) is 43.4 Å². The molecule has 26 heavy (non-hydrogen) atoms. The van der Waals surface area contributed by atoms with E-state index in [4.69, 9.17) is 0 Å². The lowest BCUT2D eigenvalue weighted by molar-refractivity contribution is -0.142. The van der Waals surface area contributed by atoms with Crippen molar-refractivity contribution in [1.29, 1.82) is 0 Å². The Kier molecular flexibility index (Phi) is 4.67. The molecule has 142 valence electrons. The van der Waals surface area contributed by atoms with Gasteiger partial charge in [-0.2, -0.15) is 13.2 Å². The summed E-state index contributed by atoms with van der Waals surface area (Å²) in [5, 5.41) is 0. The van der Waals surface area contributed by atoms with Crippen LogP contribution >= 0.6 is 0 Å². The lowest BCUT2D eigenvalue weighted by atomic mass is 9.83. The first-order valence-electron chi connectivity index (χ1n) is 9.45. The molecule has 0 unspecified atom stereocenters. The number of carbonyl (C=O) groups is 1. The van der Waals surface area contributed by atoms with Gasteiger partial charge in [0.15, 0.2) is 0 Å². The van der Waals surface area contributed by atoms with Gasteiger partial charge in [0.1, 0.15) is 5.69 Å². The summed E-state index contributed by atoms with van der Waals surface area (Å²) in [6.45, 7) is 2.92. The van der Waals surface area contributed by atoms with E-state index in [1.165, 1.54) is 31.5 Å². The van der Waals surface area contributed by atoms with Crippen molar-refractivity contribution < 1.29 is 18.0 Å². The molecule has 1 amide bonds. The number of alkyl halides is 3. The number of piperidine rings is 1. The Morgan fingerprint density at radius 1 is 1.12 bits per heavy atom. The molecule has 3 saturated heterocycles. The summed E-state index contributed by atoms with van der Waals surface area (Å²) in [5.41, 5.74) is -0.101. The zero-order valence-corrected chi connectivity index (χ0v) is 14.7. The number of hydrogen-bond donors (Lipinski definition) is 0. The van der Waals surface area contributed by atoms with E-state index in [9.17, 15) is 18.0 Å². The average Bonchev–Trinajstić information content (AvgIpc) is 2.81. The second kappa shape index (κ2) is 6.83. The Bertz CT molecular complexity index is 657. The summed E-state index contributed by atoms with van der Waals surface area (Å²) in [6.07, 6.45) is 2.58. The number of halogens is 3. The van der Waals surface area contributed by atoms with Gasteiger partial charge in [0, 0.05) is 38.4 Å². The molecule has 3 aliphatic heterocycles. The van der Waals surface area contributed by atoms with E-state index in [0.29, 0.717) is 19.0 Å². The summed E-state index contributed by atoms with van der Waals surface area (Å²) < 4.78 is 38.0. The van der Waals surface area contributed by atoms with E-state index in [-0.39, 0.29) is 17.9 Å². The Morgan fingerprint density at radius 2 is 1.92 bits per heavy atom. The van der Waals surface area contributed by atoms with Crippen LogP contribution in [0, 0.1) is 11.8 Å². The normalized spacial score (nSPS) is 27.5. The monoisotopic (exact) mass is 367 g/mol.